The van der Waals surface area contributed by atoms with E-state index in [-0.39, 0.29) is 11.9 Å². The summed E-state index contributed by atoms with van der Waals surface area (Å²) in [6.07, 6.45) is 3.98. The van der Waals surface area contributed by atoms with Gasteiger partial charge in [-0.25, -0.2) is 9.97 Å². The third-order valence-electron chi connectivity index (χ3n) is 4.59. The van der Waals surface area contributed by atoms with Gasteiger partial charge in [0.2, 0.25) is 5.91 Å². The fraction of sp³-hybridized carbons (Fsp3) is 0.556. The van der Waals surface area contributed by atoms with Crippen molar-refractivity contribution in [3.05, 3.63) is 40.8 Å². The predicted octanol–water partition coefficient (Wildman–Crippen LogP) is 2.05. The van der Waals surface area contributed by atoms with Crippen LogP contribution < -0.4 is 0 Å². The summed E-state index contributed by atoms with van der Waals surface area (Å²) in [5.41, 5.74) is 2.64. The van der Waals surface area contributed by atoms with Gasteiger partial charge in [-0.2, -0.15) is 0 Å². The number of hydrogen-bond donors (Lipinski definition) is 0. The smallest absolute Gasteiger partial charge is 0.227 e. The van der Waals surface area contributed by atoms with E-state index in [1.54, 1.807) is 6.20 Å². The molecule has 1 aliphatic heterocycles. The molecule has 134 valence electrons. The molecule has 7 heteroatoms. The zero-order valence-corrected chi connectivity index (χ0v) is 15.3. The van der Waals surface area contributed by atoms with Gasteiger partial charge in [0.25, 0.3) is 0 Å². The Balaban J connectivity index is 1.77. The number of rotatable bonds is 5. The lowest BCUT2D eigenvalue weighted by Crippen LogP contribution is -2.33. The standard InChI is InChI=1S/C18H25N5O2/c1-12-15(13(2)25-21-12)10-17(24)23-9-5-6-16(23)18-19-8-7-14(20-18)11-22(3)4/h7-8,16H,5-6,9-11H2,1-4H3/t16-/m1/s1. The molecule has 0 unspecified atom stereocenters. The Morgan fingerprint density at radius 1 is 1.40 bits per heavy atom. The first-order chi connectivity index (χ1) is 12.0. The minimum atomic E-state index is -0.0462. The van der Waals surface area contributed by atoms with Crippen molar-refractivity contribution in [1.29, 1.82) is 0 Å². The summed E-state index contributed by atoms with van der Waals surface area (Å²) in [6.45, 7) is 5.22. The Labute approximate surface area is 148 Å². The van der Waals surface area contributed by atoms with Gasteiger partial charge in [0.05, 0.1) is 23.9 Å². The highest BCUT2D eigenvalue weighted by molar-refractivity contribution is 5.79. The molecule has 1 saturated heterocycles. The molecule has 0 aromatic carbocycles. The quantitative estimate of drug-likeness (QED) is 0.827. The van der Waals surface area contributed by atoms with E-state index in [1.165, 1.54) is 0 Å². The highest BCUT2D eigenvalue weighted by Crippen LogP contribution is 2.31. The molecule has 2 aromatic rings. The number of carbonyl (C=O) groups excluding carboxylic acids is 1. The molecule has 0 bridgehead atoms. The SMILES string of the molecule is Cc1noc(C)c1CC(=O)N1CCC[C@@H]1c1nccc(CN(C)C)n1. The summed E-state index contributed by atoms with van der Waals surface area (Å²) < 4.78 is 5.17. The third-order valence-corrected chi connectivity index (χ3v) is 4.59. The molecule has 1 aliphatic rings. The molecule has 3 rings (SSSR count). The number of nitrogens with zero attached hydrogens (tertiary/aromatic N) is 5. The second-order valence-corrected chi connectivity index (χ2v) is 6.87. The molecule has 0 radical (unpaired) electrons. The fourth-order valence-corrected chi connectivity index (χ4v) is 3.33. The van der Waals surface area contributed by atoms with Crippen LogP contribution in [0.2, 0.25) is 0 Å². The van der Waals surface area contributed by atoms with Gasteiger partial charge in [0, 0.05) is 24.8 Å². The van der Waals surface area contributed by atoms with Crippen molar-refractivity contribution in [3.63, 3.8) is 0 Å². The van der Waals surface area contributed by atoms with Gasteiger partial charge in [0.1, 0.15) is 5.76 Å². The first-order valence-electron chi connectivity index (χ1n) is 8.63. The van der Waals surface area contributed by atoms with E-state index in [9.17, 15) is 4.79 Å². The monoisotopic (exact) mass is 343 g/mol. The van der Waals surface area contributed by atoms with Crippen molar-refractivity contribution in [2.75, 3.05) is 20.6 Å². The normalized spacial score (nSPS) is 17.5. The third kappa shape index (κ3) is 3.87. The van der Waals surface area contributed by atoms with Crippen LogP contribution in [0.15, 0.2) is 16.8 Å². The zero-order valence-electron chi connectivity index (χ0n) is 15.3. The van der Waals surface area contributed by atoms with Crippen LogP contribution in [-0.4, -0.2) is 51.5 Å². The van der Waals surface area contributed by atoms with E-state index in [0.717, 1.165) is 48.7 Å². The van der Waals surface area contributed by atoms with Gasteiger partial charge in [-0.3, -0.25) is 4.79 Å². The second-order valence-electron chi connectivity index (χ2n) is 6.87. The largest absolute Gasteiger partial charge is 0.361 e. The molecular formula is C18H25N5O2. The molecule has 2 aromatic heterocycles. The lowest BCUT2D eigenvalue weighted by Gasteiger charge is -2.24. The van der Waals surface area contributed by atoms with Crippen LogP contribution in [-0.2, 0) is 17.8 Å². The number of likely N-dealkylation sites (tertiary alicyclic amines) is 1. The van der Waals surface area contributed by atoms with E-state index in [2.05, 4.69) is 20.0 Å². The van der Waals surface area contributed by atoms with Crippen molar-refractivity contribution < 1.29 is 9.32 Å². The first-order valence-corrected chi connectivity index (χ1v) is 8.63. The molecule has 0 aliphatic carbocycles. The van der Waals surface area contributed by atoms with Crippen molar-refractivity contribution in [2.45, 2.75) is 45.7 Å². The summed E-state index contributed by atoms with van der Waals surface area (Å²) in [5, 5.41) is 3.94. The van der Waals surface area contributed by atoms with Crippen LogP contribution in [0.5, 0.6) is 0 Å². The van der Waals surface area contributed by atoms with E-state index in [0.29, 0.717) is 12.2 Å². The van der Waals surface area contributed by atoms with E-state index < -0.39 is 0 Å². The molecule has 0 spiro atoms. The van der Waals surface area contributed by atoms with Crippen LogP contribution in [0.1, 0.15) is 47.4 Å². The van der Waals surface area contributed by atoms with Crippen molar-refractivity contribution in [3.8, 4) is 0 Å². The van der Waals surface area contributed by atoms with Crippen molar-refractivity contribution in [1.82, 2.24) is 24.9 Å². The minimum Gasteiger partial charge on any atom is -0.361 e. The molecule has 1 atom stereocenters. The summed E-state index contributed by atoms with van der Waals surface area (Å²) in [4.78, 5) is 26.0. The molecule has 0 saturated carbocycles. The minimum absolute atomic E-state index is 0.0462. The maximum absolute atomic E-state index is 12.9. The number of carbonyl (C=O) groups is 1. The van der Waals surface area contributed by atoms with E-state index >= 15 is 0 Å². The van der Waals surface area contributed by atoms with Crippen LogP contribution >= 0.6 is 0 Å². The van der Waals surface area contributed by atoms with Crippen LogP contribution in [0.4, 0.5) is 0 Å². The van der Waals surface area contributed by atoms with Gasteiger partial charge < -0.3 is 14.3 Å². The highest BCUT2D eigenvalue weighted by Gasteiger charge is 2.32. The maximum atomic E-state index is 12.9. The predicted molar refractivity (Wildman–Crippen MR) is 92.8 cm³/mol. The summed E-state index contributed by atoms with van der Waals surface area (Å²) in [7, 11) is 4.02. The summed E-state index contributed by atoms with van der Waals surface area (Å²) >= 11 is 0. The van der Waals surface area contributed by atoms with Gasteiger partial charge >= 0.3 is 0 Å². The number of aromatic nitrogens is 3. The van der Waals surface area contributed by atoms with Crippen molar-refractivity contribution in [2.24, 2.45) is 0 Å². The maximum Gasteiger partial charge on any atom is 0.227 e. The topological polar surface area (TPSA) is 75.4 Å². The second kappa shape index (κ2) is 7.31. The molecule has 1 fully saturated rings. The average Bonchev–Trinajstić information content (AvgIpc) is 3.17. The molecule has 25 heavy (non-hydrogen) atoms. The van der Waals surface area contributed by atoms with Crippen LogP contribution in [0.3, 0.4) is 0 Å². The summed E-state index contributed by atoms with van der Waals surface area (Å²) in [6, 6.07) is 1.88. The number of amides is 1. The highest BCUT2D eigenvalue weighted by atomic mass is 16.5. The van der Waals surface area contributed by atoms with Crippen LogP contribution in [0.25, 0.3) is 0 Å². The Bertz CT molecular complexity index is 736. The lowest BCUT2D eigenvalue weighted by atomic mass is 10.1. The zero-order chi connectivity index (χ0) is 18.0. The molecule has 1 amide bonds. The van der Waals surface area contributed by atoms with Gasteiger partial charge in [-0.1, -0.05) is 5.16 Å². The Morgan fingerprint density at radius 2 is 2.20 bits per heavy atom. The fourth-order valence-electron chi connectivity index (χ4n) is 3.33. The molecular weight excluding hydrogens is 318 g/mol. The van der Waals surface area contributed by atoms with Crippen molar-refractivity contribution >= 4 is 5.91 Å². The average molecular weight is 343 g/mol. The Morgan fingerprint density at radius 3 is 2.88 bits per heavy atom. The van der Waals surface area contributed by atoms with Gasteiger partial charge in [0.15, 0.2) is 5.82 Å². The molecule has 7 nitrogen and oxygen atoms in total. The molecule has 0 N–H and O–H groups in total. The summed E-state index contributed by atoms with van der Waals surface area (Å²) in [5.74, 6) is 1.54. The van der Waals surface area contributed by atoms with Gasteiger partial charge in [-0.15, -0.1) is 0 Å². The van der Waals surface area contributed by atoms with E-state index in [1.807, 2.05) is 38.9 Å². The first kappa shape index (κ1) is 17.5. The van der Waals surface area contributed by atoms with Crippen LogP contribution in [0, 0.1) is 13.8 Å². The number of hydrogen-bond acceptors (Lipinski definition) is 6. The Hall–Kier alpha value is -2.28. The Kier molecular flexibility index (Phi) is 5.13. The molecule has 3 heterocycles. The number of aryl methyl sites for hydroxylation is 2. The van der Waals surface area contributed by atoms with E-state index in [4.69, 9.17) is 4.52 Å². The van der Waals surface area contributed by atoms with Gasteiger partial charge in [-0.05, 0) is 46.9 Å². The lowest BCUT2D eigenvalue weighted by molar-refractivity contribution is -0.131.